The molecule has 0 heterocycles. The molecule has 1 N–H and O–H groups in total. The molecule has 0 aliphatic carbocycles. The fourth-order valence-electron chi connectivity index (χ4n) is 3.39. The van der Waals surface area contributed by atoms with Crippen LogP contribution in [0.4, 0.5) is 5.69 Å². The predicted octanol–water partition coefficient (Wildman–Crippen LogP) is 5.20. The van der Waals surface area contributed by atoms with Crippen molar-refractivity contribution in [3.8, 4) is 11.5 Å². The maximum atomic E-state index is 12.9. The monoisotopic (exact) mass is 556 g/mol. The van der Waals surface area contributed by atoms with Crippen molar-refractivity contribution in [2.24, 2.45) is 0 Å². The van der Waals surface area contributed by atoms with E-state index < -0.39 is 22.5 Å². The van der Waals surface area contributed by atoms with Crippen LogP contribution in [0.2, 0.25) is 15.1 Å². The third-order valence-electron chi connectivity index (χ3n) is 5.28. The minimum absolute atomic E-state index is 0.0638. The van der Waals surface area contributed by atoms with E-state index in [1.165, 1.54) is 37.3 Å². The van der Waals surface area contributed by atoms with Crippen molar-refractivity contribution in [3.05, 3.63) is 80.8 Å². The summed E-state index contributed by atoms with van der Waals surface area (Å²) in [4.78, 5) is 14.2. The Hall–Kier alpha value is -2.49. The van der Waals surface area contributed by atoms with Gasteiger partial charge in [-0.3, -0.25) is 4.79 Å². The average Bonchev–Trinajstić information content (AvgIpc) is 2.84. The fourth-order valence-corrected chi connectivity index (χ4v) is 5.11. The molecule has 1 amide bonds. The number of sulfonamides is 1. The third kappa shape index (κ3) is 6.39. The third-order valence-corrected chi connectivity index (χ3v) is 7.63. The first kappa shape index (κ1) is 27.1. The number of anilines is 1. The van der Waals surface area contributed by atoms with Crippen molar-refractivity contribution in [3.63, 3.8) is 0 Å². The number of nitrogens with one attached hydrogen (secondary N) is 1. The summed E-state index contributed by atoms with van der Waals surface area (Å²) in [5, 5.41) is 1.45. The van der Waals surface area contributed by atoms with Crippen molar-refractivity contribution in [1.82, 2.24) is 4.72 Å². The Labute approximate surface area is 219 Å². The largest absolute Gasteiger partial charge is 0.493 e. The van der Waals surface area contributed by atoms with Gasteiger partial charge < -0.3 is 14.4 Å². The highest BCUT2D eigenvalue weighted by Gasteiger charge is 2.21. The highest BCUT2D eigenvalue weighted by Crippen LogP contribution is 2.32. The zero-order valence-corrected chi connectivity index (χ0v) is 22.2. The smallest absolute Gasteiger partial charge is 0.241 e. The van der Waals surface area contributed by atoms with Gasteiger partial charge in [0.25, 0.3) is 0 Å². The molecule has 0 fully saturated rings. The number of benzene rings is 3. The summed E-state index contributed by atoms with van der Waals surface area (Å²) in [6.07, 6.45) is 0.323. The molecule has 35 heavy (non-hydrogen) atoms. The molecule has 0 saturated carbocycles. The summed E-state index contributed by atoms with van der Waals surface area (Å²) < 4.78 is 38.2. The molecular weight excluding hydrogens is 535 g/mol. The number of hydrogen-bond acceptors (Lipinski definition) is 5. The molecule has 0 unspecified atom stereocenters. The second-order valence-electron chi connectivity index (χ2n) is 7.44. The SMILES string of the molecule is COc1ccc(S(=O)(=O)NCC(=O)N(C)c2ccc(Cl)cc2Cc2c(Cl)cccc2Cl)cc1OC. The van der Waals surface area contributed by atoms with Crippen molar-refractivity contribution >= 4 is 56.4 Å². The number of rotatable bonds is 9. The summed E-state index contributed by atoms with van der Waals surface area (Å²) in [5.41, 5.74) is 1.93. The van der Waals surface area contributed by atoms with Crippen LogP contribution in [0.15, 0.2) is 59.5 Å². The Morgan fingerprint density at radius 3 is 2.23 bits per heavy atom. The van der Waals surface area contributed by atoms with Gasteiger partial charge in [0.2, 0.25) is 15.9 Å². The van der Waals surface area contributed by atoms with Crippen LogP contribution in [0.25, 0.3) is 0 Å². The number of hydrogen-bond donors (Lipinski definition) is 1. The Morgan fingerprint density at radius 2 is 1.60 bits per heavy atom. The molecule has 0 bridgehead atoms. The molecule has 0 aromatic heterocycles. The topological polar surface area (TPSA) is 84.9 Å². The van der Waals surface area contributed by atoms with Gasteiger partial charge in [-0.25, -0.2) is 13.1 Å². The van der Waals surface area contributed by atoms with Gasteiger partial charge >= 0.3 is 0 Å². The number of amides is 1. The van der Waals surface area contributed by atoms with Crippen molar-refractivity contribution < 1.29 is 22.7 Å². The molecule has 0 saturated heterocycles. The molecule has 7 nitrogen and oxygen atoms in total. The predicted molar refractivity (Wildman–Crippen MR) is 139 cm³/mol. The molecule has 0 aliphatic heterocycles. The van der Waals surface area contributed by atoms with E-state index in [9.17, 15) is 13.2 Å². The standard InChI is InChI=1S/C24H23Cl3N2O5S/c1-29(21-9-7-16(25)11-15(21)12-18-19(26)5-4-6-20(18)27)24(30)14-28-35(31,32)17-8-10-22(33-2)23(13-17)34-3/h4-11,13,28H,12,14H2,1-3H3. The molecular formula is C24H23Cl3N2O5S. The Bertz CT molecular complexity index is 1330. The summed E-state index contributed by atoms with van der Waals surface area (Å²) in [7, 11) is 0.406. The van der Waals surface area contributed by atoms with Gasteiger partial charge in [-0.1, -0.05) is 40.9 Å². The second kappa shape index (κ2) is 11.5. The molecule has 3 aromatic rings. The van der Waals surface area contributed by atoms with E-state index in [0.717, 1.165) is 0 Å². The first-order valence-electron chi connectivity index (χ1n) is 10.3. The number of ether oxygens (including phenoxy) is 2. The van der Waals surface area contributed by atoms with Crippen LogP contribution in [-0.4, -0.2) is 42.1 Å². The zero-order valence-electron chi connectivity index (χ0n) is 19.1. The maximum absolute atomic E-state index is 12.9. The molecule has 3 rings (SSSR count). The van der Waals surface area contributed by atoms with Gasteiger partial charge in [-0.15, -0.1) is 0 Å². The fraction of sp³-hybridized carbons (Fsp3) is 0.208. The summed E-state index contributed by atoms with van der Waals surface area (Å²) in [6.45, 7) is -0.470. The van der Waals surface area contributed by atoms with Gasteiger partial charge in [-0.2, -0.15) is 0 Å². The number of carbonyl (C=O) groups is 1. The molecule has 0 spiro atoms. The Morgan fingerprint density at radius 1 is 0.943 bits per heavy atom. The Kier molecular flexibility index (Phi) is 8.90. The first-order chi connectivity index (χ1) is 16.6. The van der Waals surface area contributed by atoms with Crippen LogP contribution in [-0.2, 0) is 21.2 Å². The lowest BCUT2D eigenvalue weighted by Gasteiger charge is -2.22. The van der Waals surface area contributed by atoms with Crippen molar-refractivity contribution in [2.75, 3.05) is 32.7 Å². The summed E-state index contributed by atoms with van der Waals surface area (Å²) in [6, 6.07) is 14.4. The van der Waals surface area contributed by atoms with E-state index in [1.807, 2.05) is 0 Å². The average molecular weight is 558 g/mol. The van der Waals surface area contributed by atoms with Crippen LogP contribution in [0.1, 0.15) is 11.1 Å². The van der Waals surface area contributed by atoms with Crippen LogP contribution in [0.5, 0.6) is 11.5 Å². The number of carbonyl (C=O) groups excluding carboxylic acids is 1. The maximum Gasteiger partial charge on any atom is 0.241 e. The van der Waals surface area contributed by atoms with Gasteiger partial charge in [0.15, 0.2) is 11.5 Å². The van der Waals surface area contributed by atoms with Gasteiger partial charge in [0, 0.05) is 40.3 Å². The molecule has 11 heteroatoms. The second-order valence-corrected chi connectivity index (χ2v) is 10.5. The highest BCUT2D eigenvalue weighted by molar-refractivity contribution is 7.89. The summed E-state index contributed by atoms with van der Waals surface area (Å²) >= 11 is 18.8. The van der Waals surface area contributed by atoms with E-state index in [4.69, 9.17) is 44.3 Å². The minimum Gasteiger partial charge on any atom is -0.493 e. The van der Waals surface area contributed by atoms with Crippen molar-refractivity contribution in [2.45, 2.75) is 11.3 Å². The lowest BCUT2D eigenvalue weighted by molar-refractivity contribution is -0.117. The highest BCUT2D eigenvalue weighted by atomic mass is 35.5. The number of halogens is 3. The van der Waals surface area contributed by atoms with Gasteiger partial charge in [0.05, 0.1) is 25.7 Å². The van der Waals surface area contributed by atoms with Crippen LogP contribution in [0, 0.1) is 0 Å². The molecule has 0 atom stereocenters. The van der Waals surface area contributed by atoms with Crippen molar-refractivity contribution in [1.29, 1.82) is 0 Å². The molecule has 186 valence electrons. The van der Waals surface area contributed by atoms with Crippen LogP contribution < -0.4 is 19.1 Å². The van der Waals surface area contributed by atoms with E-state index in [1.54, 1.807) is 43.4 Å². The van der Waals surface area contributed by atoms with Gasteiger partial charge in [0.1, 0.15) is 0 Å². The zero-order chi connectivity index (χ0) is 25.8. The number of methoxy groups -OCH3 is 2. The van der Waals surface area contributed by atoms with E-state index in [2.05, 4.69) is 4.72 Å². The van der Waals surface area contributed by atoms with E-state index in [0.29, 0.717) is 44.1 Å². The van der Waals surface area contributed by atoms with Crippen LogP contribution >= 0.6 is 34.8 Å². The number of nitrogens with zero attached hydrogens (tertiary/aromatic N) is 1. The summed E-state index contributed by atoms with van der Waals surface area (Å²) in [5.74, 6) is 0.155. The molecule has 3 aromatic carbocycles. The minimum atomic E-state index is -3.99. The number of likely N-dealkylation sites (N-methyl/N-ethyl adjacent to an activating group) is 1. The van der Waals surface area contributed by atoms with Crippen LogP contribution in [0.3, 0.4) is 0 Å². The van der Waals surface area contributed by atoms with Gasteiger partial charge in [-0.05, 0) is 53.6 Å². The lowest BCUT2D eigenvalue weighted by atomic mass is 10.0. The quantitative estimate of drug-likeness (QED) is 0.391. The molecule has 0 aliphatic rings. The van der Waals surface area contributed by atoms with E-state index >= 15 is 0 Å². The normalized spacial score (nSPS) is 11.3. The Balaban J connectivity index is 1.80. The molecule has 0 radical (unpaired) electrons. The lowest BCUT2D eigenvalue weighted by Crippen LogP contribution is -2.38. The first-order valence-corrected chi connectivity index (χ1v) is 12.9. The van der Waals surface area contributed by atoms with E-state index in [-0.39, 0.29) is 10.6 Å².